The molecule has 1 fully saturated rings. The fraction of sp³-hybridized carbons (Fsp3) is 0.278. The standard InChI is InChI=1S/C18H19N3O2S2/c1-11(22)16(13-7-5-4-6-8-13)17(23)21-14(10-24-18(21)19-3)15-9-20-12(2)25-15/h4-9,14,22H,10H2,1-3H3/b16-11+,19-18?. The van der Waals surface area contributed by atoms with Crippen LogP contribution in [0.5, 0.6) is 0 Å². The summed E-state index contributed by atoms with van der Waals surface area (Å²) >= 11 is 3.13. The lowest BCUT2D eigenvalue weighted by Crippen LogP contribution is -2.35. The maximum absolute atomic E-state index is 13.3. The number of amidine groups is 1. The number of hydrogen-bond acceptors (Lipinski definition) is 6. The monoisotopic (exact) mass is 373 g/mol. The molecule has 1 aliphatic heterocycles. The number of aliphatic imine (C=N–C) groups is 1. The minimum atomic E-state index is -0.243. The van der Waals surface area contributed by atoms with E-state index in [1.807, 2.05) is 43.5 Å². The molecule has 0 aliphatic carbocycles. The Hall–Kier alpha value is -2.12. The first-order valence-electron chi connectivity index (χ1n) is 7.83. The molecule has 1 aromatic carbocycles. The summed E-state index contributed by atoms with van der Waals surface area (Å²) in [5.41, 5.74) is 0.995. The Bertz CT molecular complexity index is 839. The third kappa shape index (κ3) is 3.48. The van der Waals surface area contributed by atoms with Crippen LogP contribution >= 0.6 is 23.1 Å². The molecule has 1 aliphatic rings. The van der Waals surface area contributed by atoms with Gasteiger partial charge in [-0.05, 0) is 19.4 Å². The number of allylic oxidation sites excluding steroid dienone is 1. The lowest BCUT2D eigenvalue weighted by Gasteiger charge is -2.24. The lowest BCUT2D eigenvalue weighted by atomic mass is 10.0. The van der Waals surface area contributed by atoms with Gasteiger partial charge in [0.15, 0.2) is 5.17 Å². The van der Waals surface area contributed by atoms with E-state index in [1.165, 1.54) is 6.92 Å². The van der Waals surface area contributed by atoms with E-state index in [1.54, 1.807) is 35.0 Å². The highest BCUT2D eigenvalue weighted by molar-refractivity contribution is 8.14. The highest BCUT2D eigenvalue weighted by Crippen LogP contribution is 2.39. The van der Waals surface area contributed by atoms with E-state index in [9.17, 15) is 9.90 Å². The second-order valence-corrected chi connectivity index (χ2v) is 7.87. The number of nitrogens with zero attached hydrogens (tertiary/aromatic N) is 3. The van der Waals surface area contributed by atoms with Crippen LogP contribution in [0.1, 0.15) is 28.4 Å². The third-order valence-corrected chi connectivity index (χ3v) is 6.04. The van der Waals surface area contributed by atoms with Gasteiger partial charge in [-0.25, -0.2) is 4.98 Å². The topological polar surface area (TPSA) is 65.8 Å². The average molecular weight is 374 g/mol. The number of carbonyl (C=O) groups is 1. The zero-order valence-electron chi connectivity index (χ0n) is 14.3. The van der Waals surface area contributed by atoms with Crippen molar-refractivity contribution in [2.24, 2.45) is 4.99 Å². The number of hydrogen-bond donors (Lipinski definition) is 1. The van der Waals surface area contributed by atoms with Gasteiger partial charge in [0, 0.05) is 23.9 Å². The van der Waals surface area contributed by atoms with E-state index in [2.05, 4.69) is 9.98 Å². The summed E-state index contributed by atoms with van der Waals surface area (Å²) in [7, 11) is 1.68. The van der Waals surface area contributed by atoms with Crippen LogP contribution in [0.2, 0.25) is 0 Å². The smallest absolute Gasteiger partial charge is 0.264 e. The Kier molecular flexibility index (Phi) is 5.24. The molecule has 2 aromatic rings. The number of aryl methyl sites for hydroxylation is 1. The average Bonchev–Trinajstić information content (AvgIpc) is 3.21. The van der Waals surface area contributed by atoms with Crippen molar-refractivity contribution in [3.05, 3.63) is 57.7 Å². The first-order chi connectivity index (χ1) is 12.0. The fourth-order valence-electron chi connectivity index (χ4n) is 2.79. The summed E-state index contributed by atoms with van der Waals surface area (Å²) in [5, 5.41) is 11.8. The van der Waals surface area contributed by atoms with E-state index in [4.69, 9.17) is 0 Å². The number of thiazole rings is 1. The van der Waals surface area contributed by atoms with Crippen molar-refractivity contribution in [1.29, 1.82) is 0 Å². The van der Waals surface area contributed by atoms with E-state index in [-0.39, 0.29) is 17.7 Å². The number of carbonyl (C=O) groups excluding carboxylic acids is 1. The normalized spacial score (nSPS) is 20.0. The molecule has 0 spiro atoms. The van der Waals surface area contributed by atoms with Crippen LogP contribution in [0.3, 0.4) is 0 Å². The van der Waals surface area contributed by atoms with E-state index in [0.717, 1.165) is 15.6 Å². The van der Waals surface area contributed by atoms with Crippen molar-refractivity contribution in [3.63, 3.8) is 0 Å². The zero-order valence-corrected chi connectivity index (χ0v) is 15.9. The van der Waals surface area contributed by atoms with Crippen molar-refractivity contribution in [2.45, 2.75) is 19.9 Å². The highest BCUT2D eigenvalue weighted by atomic mass is 32.2. The molecule has 2 heterocycles. The van der Waals surface area contributed by atoms with Gasteiger partial charge < -0.3 is 5.11 Å². The van der Waals surface area contributed by atoms with Crippen LogP contribution in [-0.2, 0) is 4.79 Å². The maximum Gasteiger partial charge on any atom is 0.264 e. The largest absolute Gasteiger partial charge is 0.512 e. The van der Waals surface area contributed by atoms with Gasteiger partial charge in [-0.3, -0.25) is 14.7 Å². The van der Waals surface area contributed by atoms with Crippen LogP contribution in [0, 0.1) is 6.92 Å². The molecule has 1 atom stereocenters. The van der Waals surface area contributed by atoms with Gasteiger partial charge in [-0.2, -0.15) is 0 Å². The molecule has 1 saturated heterocycles. The molecule has 0 saturated carbocycles. The number of aromatic nitrogens is 1. The summed E-state index contributed by atoms with van der Waals surface area (Å²) in [6.07, 6.45) is 1.82. The molecule has 0 radical (unpaired) electrons. The fourth-order valence-corrected chi connectivity index (χ4v) is 4.88. The highest BCUT2D eigenvalue weighted by Gasteiger charge is 2.39. The number of thioether (sulfide) groups is 1. The van der Waals surface area contributed by atoms with Crippen LogP contribution in [-0.4, -0.2) is 38.9 Å². The van der Waals surface area contributed by atoms with Crippen molar-refractivity contribution in [3.8, 4) is 0 Å². The molecule has 1 aromatic heterocycles. The Morgan fingerprint density at radius 1 is 1.36 bits per heavy atom. The van der Waals surface area contributed by atoms with Crippen molar-refractivity contribution >= 4 is 39.7 Å². The van der Waals surface area contributed by atoms with Crippen LogP contribution in [0.15, 0.2) is 47.3 Å². The van der Waals surface area contributed by atoms with Gasteiger partial charge in [0.05, 0.1) is 16.6 Å². The summed E-state index contributed by atoms with van der Waals surface area (Å²) in [4.78, 5) is 24.6. The van der Waals surface area contributed by atoms with Gasteiger partial charge in [-0.1, -0.05) is 42.1 Å². The predicted octanol–water partition coefficient (Wildman–Crippen LogP) is 4.04. The molecule has 3 rings (SSSR count). The SMILES string of the molecule is CN=C1SCC(c2cnc(C)s2)N1C(=O)/C(=C(\C)O)c1ccccc1. The molecule has 7 heteroatoms. The Balaban J connectivity index is 2.03. The maximum atomic E-state index is 13.3. The molecular formula is C18H19N3O2S2. The van der Waals surface area contributed by atoms with E-state index in [0.29, 0.717) is 16.3 Å². The zero-order chi connectivity index (χ0) is 18.0. The van der Waals surface area contributed by atoms with E-state index < -0.39 is 0 Å². The molecule has 1 N–H and O–H groups in total. The van der Waals surface area contributed by atoms with Crippen molar-refractivity contribution in [1.82, 2.24) is 9.88 Å². The molecular weight excluding hydrogens is 354 g/mol. The van der Waals surface area contributed by atoms with Crippen molar-refractivity contribution < 1.29 is 9.90 Å². The summed E-state index contributed by atoms with van der Waals surface area (Å²) < 4.78 is 0. The molecule has 1 amide bonds. The summed E-state index contributed by atoms with van der Waals surface area (Å²) in [6.45, 7) is 3.49. The Labute approximate surface area is 155 Å². The molecule has 130 valence electrons. The number of rotatable bonds is 3. The quantitative estimate of drug-likeness (QED) is 0.651. The minimum Gasteiger partial charge on any atom is -0.512 e. The Morgan fingerprint density at radius 2 is 2.08 bits per heavy atom. The molecule has 0 bridgehead atoms. The lowest BCUT2D eigenvalue weighted by molar-refractivity contribution is -0.122. The Morgan fingerprint density at radius 3 is 2.64 bits per heavy atom. The van der Waals surface area contributed by atoms with Gasteiger partial charge >= 0.3 is 0 Å². The van der Waals surface area contributed by atoms with Crippen LogP contribution in [0.25, 0.3) is 5.57 Å². The molecule has 5 nitrogen and oxygen atoms in total. The van der Waals surface area contributed by atoms with Gasteiger partial charge in [0.2, 0.25) is 0 Å². The van der Waals surface area contributed by atoms with Gasteiger partial charge in [-0.15, -0.1) is 11.3 Å². The van der Waals surface area contributed by atoms with Crippen molar-refractivity contribution in [2.75, 3.05) is 12.8 Å². The summed E-state index contributed by atoms with van der Waals surface area (Å²) in [5.74, 6) is 0.489. The first kappa shape index (κ1) is 17.7. The summed E-state index contributed by atoms with van der Waals surface area (Å²) in [6, 6.07) is 9.11. The molecule has 25 heavy (non-hydrogen) atoms. The van der Waals surface area contributed by atoms with Crippen LogP contribution < -0.4 is 0 Å². The second-order valence-electron chi connectivity index (χ2n) is 5.62. The number of benzene rings is 1. The molecule has 1 unspecified atom stereocenters. The second kappa shape index (κ2) is 7.41. The minimum absolute atomic E-state index is 0.00258. The van der Waals surface area contributed by atoms with E-state index >= 15 is 0 Å². The van der Waals surface area contributed by atoms with Gasteiger partial charge in [0.25, 0.3) is 5.91 Å². The number of amides is 1. The first-order valence-corrected chi connectivity index (χ1v) is 9.64. The van der Waals surface area contributed by atoms with Gasteiger partial charge in [0.1, 0.15) is 5.76 Å². The predicted molar refractivity (Wildman–Crippen MR) is 104 cm³/mol. The van der Waals surface area contributed by atoms with Crippen LogP contribution in [0.4, 0.5) is 0 Å². The third-order valence-electron chi connectivity index (χ3n) is 3.90. The number of aliphatic hydroxyl groups is 1. The number of aliphatic hydroxyl groups excluding tert-OH is 1.